The maximum Gasteiger partial charge on any atom is 0.406 e. The van der Waals surface area contributed by atoms with Crippen molar-refractivity contribution in [3.05, 3.63) is 45.7 Å². The van der Waals surface area contributed by atoms with Gasteiger partial charge in [-0.15, -0.1) is 0 Å². The number of rotatable bonds is 7. The number of carbonyl (C=O) groups is 1. The van der Waals surface area contributed by atoms with E-state index in [0.717, 1.165) is 61.0 Å². The number of ether oxygens (including phenoxy) is 1. The van der Waals surface area contributed by atoms with Crippen LogP contribution in [0.15, 0.2) is 24.4 Å². The van der Waals surface area contributed by atoms with Crippen molar-refractivity contribution in [2.75, 3.05) is 51.3 Å². The number of hydrogen-bond acceptors (Lipinski definition) is 7. The van der Waals surface area contributed by atoms with Gasteiger partial charge in [-0.3, -0.25) is 0 Å². The average molecular weight is 547 g/mol. The van der Waals surface area contributed by atoms with Gasteiger partial charge in [0.05, 0.1) is 25.0 Å². The number of piperidine rings is 1. The van der Waals surface area contributed by atoms with Gasteiger partial charge in [-0.25, -0.2) is 19.4 Å². The highest BCUT2D eigenvalue weighted by Crippen LogP contribution is 2.35. The second-order valence-electron chi connectivity index (χ2n) is 10.1. The summed E-state index contributed by atoms with van der Waals surface area (Å²) in [6.07, 6.45) is 3.93. The SMILES string of the molecule is COC(=O)NCCN1CCC[C@H](C2CN(c3cnc4c(C)nn(C(C)c5ccc(Cl)cc5Cl)c4n3)C2)C1. The number of nitrogens with zero attached hydrogens (tertiary/aromatic N) is 6. The van der Waals surface area contributed by atoms with Crippen molar-refractivity contribution >= 4 is 46.3 Å². The first-order chi connectivity index (χ1) is 17.8. The van der Waals surface area contributed by atoms with Crippen molar-refractivity contribution in [1.82, 2.24) is 30.0 Å². The van der Waals surface area contributed by atoms with Gasteiger partial charge in [0.15, 0.2) is 5.65 Å². The molecule has 1 N–H and O–H groups in total. The van der Waals surface area contributed by atoms with E-state index in [9.17, 15) is 4.79 Å². The molecule has 2 atom stereocenters. The van der Waals surface area contributed by atoms with E-state index in [1.807, 2.05) is 29.9 Å². The third kappa shape index (κ3) is 5.49. The molecule has 0 aliphatic carbocycles. The molecule has 4 heterocycles. The van der Waals surface area contributed by atoms with E-state index in [4.69, 9.17) is 38.3 Å². The van der Waals surface area contributed by atoms with Gasteiger partial charge in [-0.2, -0.15) is 5.10 Å². The first kappa shape index (κ1) is 26.0. The highest BCUT2D eigenvalue weighted by molar-refractivity contribution is 6.35. The van der Waals surface area contributed by atoms with E-state index in [-0.39, 0.29) is 12.1 Å². The van der Waals surface area contributed by atoms with Crippen molar-refractivity contribution in [3.8, 4) is 0 Å². The Balaban J connectivity index is 1.25. The van der Waals surface area contributed by atoms with Crippen molar-refractivity contribution < 1.29 is 9.53 Å². The molecule has 198 valence electrons. The second-order valence-corrected chi connectivity index (χ2v) is 10.9. The molecule has 2 aromatic heterocycles. The summed E-state index contributed by atoms with van der Waals surface area (Å²) in [4.78, 5) is 25.8. The molecule has 0 spiro atoms. The average Bonchev–Trinajstić information content (AvgIpc) is 3.19. The van der Waals surface area contributed by atoms with Crippen LogP contribution in [0.25, 0.3) is 11.2 Å². The summed E-state index contributed by atoms with van der Waals surface area (Å²) in [6, 6.07) is 5.43. The summed E-state index contributed by atoms with van der Waals surface area (Å²) in [5.41, 5.74) is 3.35. The highest BCUT2D eigenvalue weighted by atomic mass is 35.5. The van der Waals surface area contributed by atoms with Gasteiger partial charge in [0.1, 0.15) is 11.3 Å². The van der Waals surface area contributed by atoms with Crippen molar-refractivity contribution in [2.24, 2.45) is 11.8 Å². The molecular formula is C26H33Cl2N7O2. The lowest BCUT2D eigenvalue weighted by atomic mass is 9.80. The molecule has 2 saturated heterocycles. The van der Waals surface area contributed by atoms with E-state index in [1.54, 1.807) is 6.07 Å². The predicted octanol–water partition coefficient (Wildman–Crippen LogP) is 4.56. The number of amides is 1. The van der Waals surface area contributed by atoms with Crippen LogP contribution in [-0.2, 0) is 4.74 Å². The van der Waals surface area contributed by atoms with Crippen LogP contribution in [0.4, 0.5) is 10.6 Å². The molecule has 1 aromatic carbocycles. The number of anilines is 1. The van der Waals surface area contributed by atoms with Gasteiger partial charge in [0.25, 0.3) is 0 Å². The van der Waals surface area contributed by atoms with Crippen LogP contribution in [-0.4, -0.2) is 77.1 Å². The van der Waals surface area contributed by atoms with Crippen LogP contribution >= 0.6 is 23.2 Å². The Kier molecular flexibility index (Phi) is 7.74. The molecule has 2 aliphatic rings. The fraction of sp³-hybridized carbons (Fsp3) is 0.538. The molecule has 3 aromatic rings. The van der Waals surface area contributed by atoms with Crippen LogP contribution in [0, 0.1) is 18.8 Å². The number of fused-ring (bicyclic) bond motifs is 1. The lowest BCUT2D eigenvalue weighted by Crippen LogP contribution is -2.54. The minimum atomic E-state index is -0.372. The third-order valence-corrected chi connectivity index (χ3v) is 8.23. The number of nitrogens with one attached hydrogen (secondary N) is 1. The fourth-order valence-electron chi connectivity index (χ4n) is 5.50. The van der Waals surface area contributed by atoms with Gasteiger partial charge >= 0.3 is 6.09 Å². The Hall–Kier alpha value is -2.62. The minimum absolute atomic E-state index is 0.114. The summed E-state index contributed by atoms with van der Waals surface area (Å²) in [5.74, 6) is 2.17. The van der Waals surface area contributed by atoms with Crippen LogP contribution in [0.1, 0.15) is 37.1 Å². The molecule has 1 amide bonds. The van der Waals surface area contributed by atoms with Crippen molar-refractivity contribution in [1.29, 1.82) is 0 Å². The first-order valence-corrected chi connectivity index (χ1v) is 13.6. The summed E-state index contributed by atoms with van der Waals surface area (Å²) < 4.78 is 6.57. The van der Waals surface area contributed by atoms with E-state index in [0.29, 0.717) is 28.4 Å². The molecule has 9 nitrogen and oxygen atoms in total. The summed E-state index contributed by atoms with van der Waals surface area (Å²) in [7, 11) is 1.39. The van der Waals surface area contributed by atoms with E-state index in [1.165, 1.54) is 20.0 Å². The molecule has 2 fully saturated rings. The van der Waals surface area contributed by atoms with E-state index >= 15 is 0 Å². The third-order valence-electron chi connectivity index (χ3n) is 7.66. The molecule has 1 unspecified atom stereocenters. The van der Waals surface area contributed by atoms with Gasteiger partial charge < -0.3 is 19.9 Å². The van der Waals surface area contributed by atoms with Crippen LogP contribution in [0.2, 0.25) is 10.0 Å². The van der Waals surface area contributed by atoms with Gasteiger partial charge in [-0.1, -0.05) is 29.3 Å². The van der Waals surface area contributed by atoms with Gasteiger partial charge in [0.2, 0.25) is 0 Å². The monoisotopic (exact) mass is 545 g/mol. The zero-order valence-corrected chi connectivity index (χ0v) is 23.0. The van der Waals surface area contributed by atoms with E-state index < -0.39 is 0 Å². The maximum atomic E-state index is 11.3. The summed E-state index contributed by atoms with van der Waals surface area (Å²) in [6.45, 7) is 9.58. The smallest absolute Gasteiger partial charge is 0.406 e. The zero-order chi connectivity index (χ0) is 26.1. The minimum Gasteiger partial charge on any atom is -0.453 e. The molecule has 37 heavy (non-hydrogen) atoms. The maximum absolute atomic E-state index is 11.3. The van der Waals surface area contributed by atoms with Gasteiger partial charge in [-0.05, 0) is 62.8 Å². The molecule has 0 bridgehead atoms. The molecule has 0 radical (unpaired) electrons. The zero-order valence-electron chi connectivity index (χ0n) is 21.5. The number of aromatic nitrogens is 4. The molecule has 0 saturated carbocycles. The van der Waals surface area contributed by atoms with Crippen LogP contribution in [0.3, 0.4) is 0 Å². The number of benzene rings is 1. The van der Waals surface area contributed by atoms with Gasteiger partial charge in [0, 0.05) is 42.8 Å². The standard InChI is InChI=1S/C26H33Cl2N7O2/c1-16-24-25(35(32-16)17(2)21-7-6-20(27)11-22(21)28)31-23(12-30-24)34-14-19(15-34)18-5-4-9-33(13-18)10-8-29-26(36)37-3/h6-7,11-12,17-19H,4-5,8-10,13-15H2,1-3H3,(H,29,36)/t17?,18-/m0/s1. The Bertz CT molecular complexity index is 1280. The van der Waals surface area contributed by atoms with Crippen molar-refractivity contribution in [2.45, 2.75) is 32.7 Å². The highest BCUT2D eigenvalue weighted by Gasteiger charge is 2.36. The molecule has 5 rings (SSSR count). The lowest BCUT2D eigenvalue weighted by molar-refractivity contribution is 0.118. The number of likely N-dealkylation sites (tertiary alicyclic amines) is 1. The van der Waals surface area contributed by atoms with Crippen LogP contribution < -0.4 is 10.2 Å². The lowest BCUT2D eigenvalue weighted by Gasteiger charge is -2.47. The fourth-order valence-corrected chi connectivity index (χ4v) is 6.07. The first-order valence-electron chi connectivity index (χ1n) is 12.8. The summed E-state index contributed by atoms with van der Waals surface area (Å²) >= 11 is 12.6. The van der Waals surface area contributed by atoms with E-state index in [2.05, 4.69) is 26.8 Å². The number of alkyl carbamates (subject to hydrolysis) is 1. The predicted molar refractivity (Wildman–Crippen MR) is 146 cm³/mol. The number of hydrogen-bond donors (Lipinski definition) is 1. The number of aryl methyl sites for hydroxylation is 1. The second kappa shape index (κ2) is 11.0. The van der Waals surface area contributed by atoms with Crippen LogP contribution in [0.5, 0.6) is 0 Å². The quantitative estimate of drug-likeness (QED) is 0.465. The molecule has 2 aliphatic heterocycles. The number of halogens is 2. The van der Waals surface area contributed by atoms with Crippen molar-refractivity contribution in [3.63, 3.8) is 0 Å². The normalized spacial score (nSPS) is 19.6. The Morgan fingerprint density at radius 2 is 2.05 bits per heavy atom. The Morgan fingerprint density at radius 3 is 2.81 bits per heavy atom. The topological polar surface area (TPSA) is 88.4 Å². The number of methoxy groups -OCH3 is 1. The Labute approximate surface area is 227 Å². The molecular weight excluding hydrogens is 513 g/mol. The largest absolute Gasteiger partial charge is 0.453 e. The molecule has 11 heteroatoms. The summed E-state index contributed by atoms with van der Waals surface area (Å²) in [5, 5.41) is 8.75. The Morgan fingerprint density at radius 1 is 1.24 bits per heavy atom. The number of carbonyl (C=O) groups excluding carboxylic acids is 1.